The van der Waals surface area contributed by atoms with Crippen LogP contribution in [0.15, 0.2) is 42.7 Å². The number of halogens is 3. The largest absolute Gasteiger partial charge is 0.337 e. The predicted octanol–water partition coefficient (Wildman–Crippen LogP) is 5.02. The van der Waals surface area contributed by atoms with Crippen molar-refractivity contribution in [1.82, 2.24) is 9.97 Å². The second-order valence-electron chi connectivity index (χ2n) is 5.93. The molecule has 0 saturated heterocycles. The number of rotatable bonds is 4. The third kappa shape index (κ3) is 4.38. The molecule has 0 spiro atoms. The lowest BCUT2D eigenvalue weighted by Gasteiger charge is -2.11. The highest BCUT2D eigenvalue weighted by molar-refractivity contribution is 6.34. The summed E-state index contributed by atoms with van der Waals surface area (Å²) < 4.78 is 26.6. The van der Waals surface area contributed by atoms with Crippen molar-refractivity contribution >= 4 is 34.7 Å². The van der Waals surface area contributed by atoms with E-state index in [9.17, 15) is 13.6 Å². The molecule has 0 aliphatic heterocycles. The van der Waals surface area contributed by atoms with Crippen LogP contribution < -0.4 is 10.6 Å². The van der Waals surface area contributed by atoms with Crippen LogP contribution in [0, 0.1) is 25.5 Å². The van der Waals surface area contributed by atoms with Crippen LogP contribution in [0.25, 0.3) is 0 Å². The van der Waals surface area contributed by atoms with E-state index in [4.69, 9.17) is 11.6 Å². The van der Waals surface area contributed by atoms with E-state index >= 15 is 0 Å². The molecule has 1 aromatic heterocycles. The van der Waals surface area contributed by atoms with Crippen LogP contribution in [0.5, 0.6) is 0 Å². The summed E-state index contributed by atoms with van der Waals surface area (Å²) in [5.41, 5.74) is 2.43. The van der Waals surface area contributed by atoms with Crippen molar-refractivity contribution in [1.29, 1.82) is 0 Å². The van der Waals surface area contributed by atoms with Crippen molar-refractivity contribution in [2.45, 2.75) is 13.8 Å². The molecule has 3 rings (SSSR count). The number of nitrogens with one attached hydrogen (secondary N) is 2. The van der Waals surface area contributed by atoms with Gasteiger partial charge in [0.1, 0.15) is 23.1 Å². The topological polar surface area (TPSA) is 66.9 Å². The van der Waals surface area contributed by atoms with Crippen LogP contribution >= 0.6 is 11.6 Å². The average molecular weight is 389 g/mol. The lowest BCUT2D eigenvalue weighted by atomic mass is 10.1. The molecule has 0 bridgehead atoms. The molecule has 0 atom stereocenters. The molecule has 3 aromatic rings. The van der Waals surface area contributed by atoms with Gasteiger partial charge in [0, 0.05) is 6.07 Å². The summed E-state index contributed by atoms with van der Waals surface area (Å²) >= 11 is 6.18. The molecule has 0 aliphatic rings. The Balaban J connectivity index is 1.74. The van der Waals surface area contributed by atoms with Gasteiger partial charge in [-0.05, 0) is 43.2 Å². The molecule has 0 aliphatic carbocycles. The van der Waals surface area contributed by atoms with Crippen LogP contribution in [0.3, 0.4) is 0 Å². The van der Waals surface area contributed by atoms with E-state index in [1.54, 1.807) is 6.07 Å². The van der Waals surface area contributed by atoms with E-state index in [2.05, 4.69) is 20.6 Å². The number of aryl methyl sites for hydroxylation is 2. The number of amides is 1. The Morgan fingerprint density at radius 1 is 1.07 bits per heavy atom. The number of carbonyl (C=O) groups is 1. The second-order valence-corrected chi connectivity index (χ2v) is 6.34. The van der Waals surface area contributed by atoms with Crippen molar-refractivity contribution in [3.05, 3.63) is 76.2 Å². The van der Waals surface area contributed by atoms with Crippen molar-refractivity contribution < 1.29 is 13.6 Å². The van der Waals surface area contributed by atoms with Crippen molar-refractivity contribution in [3.63, 3.8) is 0 Å². The molecule has 138 valence electrons. The first-order valence-corrected chi connectivity index (χ1v) is 8.33. The molecular weight excluding hydrogens is 374 g/mol. The highest BCUT2D eigenvalue weighted by atomic mass is 35.5. The van der Waals surface area contributed by atoms with Gasteiger partial charge in [-0.15, -0.1) is 0 Å². The van der Waals surface area contributed by atoms with E-state index in [1.807, 2.05) is 19.9 Å². The summed E-state index contributed by atoms with van der Waals surface area (Å²) in [6.07, 6.45) is 2.53. The van der Waals surface area contributed by atoms with E-state index in [0.29, 0.717) is 10.7 Å². The molecule has 27 heavy (non-hydrogen) atoms. The lowest BCUT2D eigenvalue weighted by molar-refractivity contribution is 0.102. The Kier molecular flexibility index (Phi) is 5.32. The zero-order valence-electron chi connectivity index (χ0n) is 14.5. The highest BCUT2D eigenvalue weighted by Gasteiger charge is 2.13. The van der Waals surface area contributed by atoms with Gasteiger partial charge in [0.05, 0.1) is 28.8 Å². The Labute approximate surface area is 159 Å². The maximum atomic E-state index is 13.7. The summed E-state index contributed by atoms with van der Waals surface area (Å²) in [7, 11) is 0. The fourth-order valence-corrected chi connectivity index (χ4v) is 2.86. The zero-order chi connectivity index (χ0) is 19.6. The molecule has 0 unspecified atom stereocenters. The summed E-state index contributed by atoms with van der Waals surface area (Å²) in [5.74, 6) is -1.71. The smallest absolute Gasteiger partial charge is 0.275 e. The van der Waals surface area contributed by atoms with Crippen molar-refractivity contribution in [2.24, 2.45) is 0 Å². The molecule has 2 aromatic carbocycles. The average Bonchev–Trinajstić information content (AvgIpc) is 2.61. The van der Waals surface area contributed by atoms with Crippen LogP contribution in [0.1, 0.15) is 21.6 Å². The summed E-state index contributed by atoms with van der Waals surface area (Å²) in [5, 5.41) is 5.81. The van der Waals surface area contributed by atoms with Crippen molar-refractivity contribution in [3.8, 4) is 0 Å². The van der Waals surface area contributed by atoms with Gasteiger partial charge in [-0.3, -0.25) is 4.79 Å². The third-order valence-electron chi connectivity index (χ3n) is 3.75. The first-order chi connectivity index (χ1) is 12.8. The van der Waals surface area contributed by atoms with Gasteiger partial charge in [-0.1, -0.05) is 17.7 Å². The number of carbonyl (C=O) groups excluding carboxylic acids is 1. The van der Waals surface area contributed by atoms with E-state index in [0.717, 1.165) is 23.3 Å². The minimum Gasteiger partial charge on any atom is -0.337 e. The quantitative estimate of drug-likeness (QED) is 0.658. The Bertz CT molecular complexity index is 986. The van der Waals surface area contributed by atoms with Gasteiger partial charge < -0.3 is 10.6 Å². The first-order valence-electron chi connectivity index (χ1n) is 7.95. The normalized spacial score (nSPS) is 10.6. The van der Waals surface area contributed by atoms with Gasteiger partial charge in [0.25, 0.3) is 5.91 Å². The number of hydrogen-bond acceptors (Lipinski definition) is 4. The van der Waals surface area contributed by atoms with Crippen LogP contribution in [0.4, 0.5) is 26.0 Å². The minimum atomic E-state index is -0.761. The molecule has 0 saturated carbocycles. The zero-order valence-corrected chi connectivity index (χ0v) is 15.2. The maximum Gasteiger partial charge on any atom is 0.275 e. The van der Waals surface area contributed by atoms with E-state index in [1.165, 1.54) is 18.5 Å². The summed E-state index contributed by atoms with van der Waals surface area (Å²) in [6.45, 7) is 3.75. The molecule has 5 nitrogen and oxygen atoms in total. The lowest BCUT2D eigenvalue weighted by Crippen LogP contribution is -2.15. The van der Waals surface area contributed by atoms with Crippen LogP contribution in [-0.4, -0.2) is 15.9 Å². The number of nitrogens with zero attached hydrogens (tertiary/aromatic N) is 2. The standard InChI is InChI=1S/C19H15ClF2N4O/c1-10-5-11(2)18(13(20)6-10)26-19(27)16-8-24-17(9-23-16)25-15-4-3-12(21)7-14(15)22/h3-9H,1-2H3,(H,24,25)(H,26,27). The molecule has 0 fully saturated rings. The summed E-state index contributed by atoms with van der Waals surface area (Å²) in [6, 6.07) is 6.77. The monoisotopic (exact) mass is 388 g/mol. The SMILES string of the molecule is Cc1cc(C)c(NC(=O)c2cnc(Nc3ccc(F)cc3F)cn2)c(Cl)c1. The number of aromatic nitrogens is 2. The Morgan fingerprint density at radius 3 is 2.48 bits per heavy atom. The third-order valence-corrected chi connectivity index (χ3v) is 4.05. The van der Waals surface area contributed by atoms with Crippen LogP contribution in [0.2, 0.25) is 5.02 Å². The maximum absolute atomic E-state index is 13.7. The predicted molar refractivity (Wildman–Crippen MR) is 101 cm³/mol. The van der Waals surface area contributed by atoms with Gasteiger partial charge in [-0.2, -0.15) is 0 Å². The molecule has 1 heterocycles. The first kappa shape index (κ1) is 18.7. The Hall–Kier alpha value is -3.06. The fourth-order valence-electron chi connectivity index (χ4n) is 2.49. The number of benzene rings is 2. The Morgan fingerprint density at radius 2 is 1.85 bits per heavy atom. The summed E-state index contributed by atoms with van der Waals surface area (Å²) in [4.78, 5) is 20.4. The van der Waals surface area contributed by atoms with Gasteiger partial charge in [0.2, 0.25) is 0 Å². The number of hydrogen-bond donors (Lipinski definition) is 2. The minimum absolute atomic E-state index is 0.0463. The van der Waals surface area contributed by atoms with E-state index in [-0.39, 0.29) is 17.2 Å². The van der Waals surface area contributed by atoms with E-state index < -0.39 is 17.5 Å². The molecule has 1 amide bonds. The molecule has 0 radical (unpaired) electrons. The van der Waals surface area contributed by atoms with Gasteiger partial charge >= 0.3 is 0 Å². The second kappa shape index (κ2) is 7.67. The molecule has 8 heteroatoms. The molecular formula is C19H15ClF2N4O. The van der Waals surface area contributed by atoms with Gasteiger partial charge in [0.15, 0.2) is 0 Å². The molecule has 2 N–H and O–H groups in total. The van der Waals surface area contributed by atoms with Crippen molar-refractivity contribution in [2.75, 3.05) is 10.6 Å². The van der Waals surface area contributed by atoms with Crippen LogP contribution in [-0.2, 0) is 0 Å². The van der Waals surface area contributed by atoms with Gasteiger partial charge in [-0.25, -0.2) is 18.7 Å². The highest BCUT2D eigenvalue weighted by Crippen LogP contribution is 2.27. The fraction of sp³-hybridized carbons (Fsp3) is 0.105. The number of anilines is 3.